The van der Waals surface area contributed by atoms with Crippen molar-refractivity contribution in [2.75, 3.05) is 4.90 Å². The van der Waals surface area contributed by atoms with Crippen LogP contribution >= 0.6 is 0 Å². The number of fused-ring (bicyclic) bond motifs is 7. The highest BCUT2D eigenvalue weighted by Crippen LogP contribution is 2.57. The second-order valence-electron chi connectivity index (χ2n) is 17.6. The molecule has 0 unspecified atom stereocenters. The lowest BCUT2D eigenvalue weighted by molar-refractivity contribution is 0.333. The van der Waals surface area contributed by atoms with Crippen molar-refractivity contribution >= 4 is 39.0 Å². The molecule has 0 saturated carbocycles. The van der Waals surface area contributed by atoms with Crippen LogP contribution in [0.15, 0.2) is 156 Å². The van der Waals surface area contributed by atoms with Crippen LogP contribution in [-0.4, -0.2) is 0 Å². The average Bonchev–Trinajstić information content (AvgIpc) is 3.69. The molecule has 55 heavy (non-hydrogen) atoms. The van der Waals surface area contributed by atoms with Gasteiger partial charge in [0.15, 0.2) is 5.58 Å². The van der Waals surface area contributed by atoms with Crippen molar-refractivity contribution in [1.82, 2.24) is 0 Å². The van der Waals surface area contributed by atoms with Crippen molar-refractivity contribution in [3.8, 4) is 33.4 Å². The monoisotopic (exact) mass is 713 g/mol. The SMILES string of the molecule is CC1(C)CCC(C)(C)c2c(-c3cc4c(cc3N(c3ccc(-c5ccccc5)cc3)c3cccc5c3oc3ccccc35)C(C)(C)c3ccccc3-4)cccc21. The summed E-state index contributed by atoms with van der Waals surface area (Å²) in [5, 5.41) is 2.25. The number of hydrogen-bond acceptors (Lipinski definition) is 2. The zero-order chi connectivity index (χ0) is 37.7. The third kappa shape index (κ3) is 5.14. The van der Waals surface area contributed by atoms with E-state index in [1.165, 1.54) is 62.1 Å². The van der Waals surface area contributed by atoms with Crippen molar-refractivity contribution in [2.24, 2.45) is 0 Å². The van der Waals surface area contributed by atoms with Crippen LogP contribution in [0.1, 0.15) is 76.6 Å². The maximum atomic E-state index is 6.84. The molecule has 0 aliphatic heterocycles. The smallest absolute Gasteiger partial charge is 0.159 e. The van der Waals surface area contributed by atoms with Gasteiger partial charge in [0, 0.05) is 27.4 Å². The summed E-state index contributed by atoms with van der Waals surface area (Å²) in [7, 11) is 0. The standard InChI is InChI=1S/C53H47NO/c1-51(2)30-31-52(3,4)49-39(20-14-23-44(49)51)42-32-41-37-18-10-12-22-43(37)53(5,6)45(41)33-47(42)54(36-28-26-35(27-29-36)34-16-8-7-9-17-34)46-24-15-21-40-38-19-11-13-25-48(38)55-50(40)46/h7-29,32-33H,30-31H2,1-6H3. The molecule has 2 heteroatoms. The van der Waals surface area contributed by atoms with Gasteiger partial charge in [0.1, 0.15) is 5.58 Å². The van der Waals surface area contributed by atoms with Gasteiger partial charge in [-0.25, -0.2) is 0 Å². The van der Waals surface area contributed by atoms with Gasteiger partial charge >= 0.3 is 0 Å². The Morgan fingerprint density at radius 2 is 1.09 bits per heavy atom. The largest absolute Gasteiger partial charge is 0.454 e. The van der Waals surface area contributed by atoms with Crippen LogP contribution < -0.4 is 4.90 Å². The summed E-state index contributed by atoms with van der Waals surface area (Å²) in [5.41, 5.74) is 18.3. The molecule has 8 aromatic rings. The van der Waals surface area contributed by atoms with Crippen molar-refractivity contribution in [3.63, 3.8) is 0 Å². The average molecular weight is 714 g/mol. The molecule has 1 heterocycles. The van der Waals surface area contributed by atoms with Gasteiger partial charge in [0.2, 0.25) is 0 Å². The summed E-state index contributed by atoms with van der Waals surface area (Å²) in [6.07, 6.45) is 2.31. The molecule has 2 aliphatic rings. The molecule has 0 amide bonds. The molecule has 0 spiro atoms. The van der Waals surface area contributed by atoms with Gasteiger partial charge in [-0.1, -0.05) is 157 Å². The van der Waals surface area contributed by atoms with E-state index in [0.29, 0.717) is 0 Å². The summed E-state index contributed by atoms with van der Waals surface area (Å²) in [6.45, 7) is 14.5. The molecule has 0 bridgehead atoms. The van der Waals surface area contributed by atoms with Crippen LogP contribution in [0.4, 0.5) is 17.1 Å². The van der Waals surface area contributed by atoms with E-state index in [0.717, 1.165) is 45.4 Å². The lowest BCUT2D eigenvalue weighted by Gasteiger charge is -2.43. The molecule has 2 nitrogen and oxygen atoms in total. The van der Waals surface area contributed by atoms with Gasteiger partial charge in [0.25, 0.3) is 0 Å². The number of furan rings is 1. The molecule has 1 aromatic heterocycles. The van der Waals surface area contributed by atoms with Gasteiger partial charge in [0.05, 0.1) is 11.4 Å². The van der Waals surface area contributed by atoms with Crippen molar-refractivity contribution in [1.29, 1.82) is 0 Å². The molecule has 0 fully saturated rings. The van der Waals surface area contributed by atoms with Gasteiger partial charge in [-0.2, -0.15) is 0 Å². The molecule has 0 atom stereocenters. The van der Waals surface area contributed by atoms with Crippen molar-refractivity contribution in [3.05, 3.63) is 174 Å². The van der Waals surface area contributed by atoms with E-state index in [1.54, 1.807) is 0 Å². The summed E-state index contributed by atoms with van der Waals surface area (Å²) in [4.78, 5) is 2.48. The molecular weight excluding hydrogens is 667 g/mol. The Morgan fingerprint density at radius 1 is 0.455 bits per heavy atom. The van der Waals surface area contributed by atoms with Crippen molar-refractivity contribution in [2.45, 2.75) is 70.6 Å². The number of hydrogen-bond donors (Lipinski definition) is 0. The Hall–Kier alpha value is -5.86. The van der Waals surface area contributed by atoms with Gasteiger partial charge in [-0.15, -0.1) is 0 Å². The Kier molecular flexibility index (Phi) is 7.39. The van der Waals surface area contributed by atoms with Crippen molar-refractivity contribution < 1.29 is 4.42 Å². The van der Waals surface area contributed by atoms with Gasteiger partial charge < -0.3 is 9.32 Å². The Morgan fingerprint density at radius 3 is 1.91 bits per heavy atom. The minimum atomic E-state index is -0.176. The summed E-state index contributed by atoms with van der Waals surface area (Å²) in [5.74, 6) is 0. The third-order valence-electron chi connectivity index (χ3n) is 12.9. The predicted molar refractivity (Wildman–Crippen MR) is 232 cm³/mol. The first-order valence-corrected chi connectivity index (χ1v) is 19.8. The van der Waals surface area contributed by atoms with Crippen LogP contribution in [0, 0.1) is 0 Å². The summed E-state index contributed by atoms with van der Waals surface area (Å²) >= 11 is 0. The molecular formula is C53H47NO. The molecule has 7 aromatic carbocycles. The maximum Gasteiger partial charge on any atom is 0.159 e. The molecule has 0 radical (unpaired) electrons. The summed E-state index contributed by atoms with van der Waals surface area (Å²) < 4.78 is 6.84. The lowest BCUT2D eigenvalue weighted by Crippen LogP contribution is -2.34. The molecule has 0 N–H and O–H groups in total. The van der Waals surface area contributed by atoms with Gasteiger partial charge in [-0.3, -0.25) is 0 Å². The second-order valence-corrected chi connectivity index (χ2v) is 17.6. The van der Waals surface area contributed by atoms with E-state index >= 15 is 0 Å². The molecule has 270 valence electrons. The first kappa shape index (κ1) is 33.7. The Bertz CT molecular complexity index is 2780. The fourth-order valence-electron chi connectivity index (χ4n) is 9.84. The highest BCUT2D eigenvalue weighted by molar-refractivity contribution is 6.11. The number of para-hydroxylation sites is 2. The van der Waals surface area contributed by atoms with Crippen LogP contribution in [0.2, 0.25) is 0 Å². The van der Waals surface area contributed by atoms with E-state index in [4.69, 9.17) is 4.42 Å². The van der Waals surface area contributed by atoms with E-state index < -0.39 is 0 Å². The number of anilines is 3. The van der Waals surface area contributed by atoms with Crippen LogP contribution in [0.25, 0.3) is 55.3 Å². The van der Waals surface area contributed by atoms with E-state index in [9.17, 15) is 0 Å². The van der Waals surface area contributed by atoms with E-state index in [-0.39, 0.29) is 16.2 Å². The molecule has 10 rings (SSSR count). The number of rotatable bonds is 5. The topological polar surface area (TPSA) is 16.4 Å². The zero-order valence-electron chi connectivity index (χ0n) is 32.7. The fraction of sp³-hybridized carbons (Fsp3) is 0.208. The second kappa shape index (κ2) is 12.1. The minimum absolute atomic E-state index is 0.00974. The molecule has 2 aliphatic carbocycles. The highest BCUT2D eigenvalue weighted by Gasteiger charge is 2.41. The molecule has 0 saturated heterocycles. The number of benzene rings is 7. The quantitative estimate of drug-likeness (QED) is 0.177. The predicted octanol–water partition coefficient (Wildman–Crippen LogP) is 15.0. The first-order valence-electron chi connectivity index (χ1n) is 19.8. The number of nitrogens with zero attached hydrogens (tertiary/aromatic N) is 1. The van der Waals surface area contributed by atoms with E-state index in [1.807, 2.05) is 0 Å². The highest BCUT2D eigenvalue weighted by atomic mass is 16.3. The van der Waals surface area contributed by atoms with E-state index in [2.05, 4.69) is 198 Å². The Balaban J connectivity index is 1.32. The lowest BCUT2D eigenvalue weighted by atomic mass is 9.61. The zero-order valence-corrected chi connectivity index (χ0v) is 32.7. The van der Waals surface area contributed by atoms with Gasteiger partial charge in [-0.05, 0) is 110 Å². The van der Waals surface area contributed by atoms with Crippen LogP contribution in [-0.2, 0) is 16.2 Å². The fourth-order valence-corrected chi connectivity index (χ4v) is 9.84. The third-order valence-corrected chi connectivity index (χ3v) is 12.9. The minimum Gasteiger partial charge on any atom is -0.454 e. The Labute approximate surface area is 325 Å². The first-order chi connectivity index (χ1) is 26.5. The summed E-state index contributed by atoms with van der Waals surface area (Å²) in [6, 6.07) is 55.9. The maximum absolute atomic E-state index is 6.84. The normalized spacial score (nSPS) is 16.1. The van der Waals surface area contributed by atoms with Crippen LogP contribution in [0.3, 0.4) is 0 Å². The van der Waals surface area contributed by atoms with Crippen LogP contribution in [0.5, 0.6) is 0 Å².